The molecule has 21 heavy (non-hydrogen) atoms. The fraction of sp³-hybridized carbons (Fsp3) is 0.350. The number of allylic oxidation sites excluding steroid dienone is 2. The van der Waals surface area contributed by atoms with Crippen molar-refractivity contribution in [1.82, 2.24) is 0 Å². The third-order valence-electron chi connectivity index (χ3n) is 3.47. The van der Waals surface area contributed by atoms with Crippen molar-refractivity contribution in [3.63, 3.8) is 0 Å². The number of nitrogens with zero attached hydrogens (tertiary/aromatic N) is 1. The summed E-state index contributed by atoms with van der Waals surface area (Å²) < 4.78 is 0. The lowest BCUT2D eigenvalue weighted by molar-refractivity contribution is 0.639. The molecule has 1 aromatic carbocycles. The van der Waals surface area contributed by atoms with Crippen LogP contribution in [-0.2, 0) is 0 Å². The Hall–Kier alpha value is -1.89. The maximum Gasteiger partial charge on any atom is 0.0646 e. The third-order valence-corrected chi connectivity index (χ3v) is 3.47. The van der Waals surface area contributed by atoms with Crippen molar-refractivity contribution in [2.75, 3.05) is 6.54 Å². The predicted octanol–water partition coefficient (Wildman–Crippen LogP) is 4.03. The summed E-state index contributed by atoms with van der Waals surface area (Å²) in [7, 11) is 0. The zero-order chi connectivity index (χ0) is 15.5. The smallest absolute Gasteiger partial charge is 0.0646 e. The van der Waals surface area contributed by atoms with Crippen LogP contribution in [0, 0.1) is 0 Å². The molecule has 1 nitrogen and oxygen atoms in total. The lowest BCUT2D eigenvalue weighted by Crippen LogP contribution is -2.23. The minimum atomic E-state index is 0.849. The van der Waals surface area contributed by atoms with Gasteiger partial charge in [-0.25, -0.2) is 0 Å². The molecule has 0 heterocycles. The molecule has 1 heteroatoms. The average molecular weight is 281 g/mol. The minimum Gasteiger partial charge on any atom is -0.285 e. The summed E-state index contributed by atoms with van der Waals surface area (Å²) in [5.74, 6) is 0. The van der Waals surface area contributed by atoms with Crippen LogP contribution < -0.4 is 10.4 Å². The van der Waals surface area contributed by atoms with Crippen LogP contribution in [0.1, 0.15) is 39.0 Å². The standard InChI is InChI=1S/C20H27N/c1-5-7-8-9-12-15-21-20(17(3)6-2)16-19-14-11-10-13-18(19)4/h6,10-11,13-14,16H,2-5,7-9,12,15H2,1H3/b19-16-,21-20-. The van der Waals surface area contributed by atoms with Gasteiger partial charge >= 0.3 is 0 Å². The van der Waals surface area contributed by atoms with E-state index in [4.69, 9.17) is 4.99 Å². The first-order valence-corrected chi connectivity index (χ1v) is 7.81. The topological polar surface area (TPSA) is 12.4 Å². The number of aliphatic imine (C=N–C) groups is 1. The van der Waals surface area contributed by atoms with Gasteiger partial charge in [-0.3, -0.25) is 4.99 Å². The highest BCUT2D eigenvalue weighted by Gasteiger charge is 1.98. The van der Waals surface area contributed by atoms with E-state index in [2.05, 4.69) is 38.8 Å². The minimum absolute atomic E-state index is 0.849. The molecule has 0 aliphatic rings. The molecule has 0 atom stereocenters. The number of benzene rings is 1. The first-order valence-electron chi connectivity index (χ1n) is 7.81. The summed E-state index contributed by atoms with van der Waals surface area (Å²) >= 11 is 0. The molecule has 0 aromatic heterocycles. The SMILES string of the molecule is C=CC(=C)C(/C=c1/ccccc1=C)=N\CCCCCCC. The summed E-state index contributed by atoms with van der Waals surface area (Å²) in [4.78, 5) is 4.69. The number of rotatable bonds is 9. The van der Waals surface area contributed by atoms with E-state index in [1.165, 1.54) is 25.7 Å². The Bertz CT molecular complexity index is 593. The van der Waals surface area contributed by atoms with E-state index in [-0.39, 0.29) is 0 Å². The van der Waals surface area contributed by atoms with Crippen molar-refractivity contribution in [1.29, 1.82) is 0 Å². The molecule has 0 spiro atoms. The number of hydrogen-bond acceptors (Lipinski definition) is 1. The van der Waals surface area contributed by atoms with Gasteiger partial charge in [0.2, 0.25) is 0 Å². The highest BCUT2D eigenvalue weighted by molar-refractivity contribution is 6.21. The normalized spacial score (nSPS) is 12.4. The van der Waals surface area contributed by atoms with Crippen molar-refractivity contribution in [2.45, 2.75) is 39.0 Å². The Morgan fingerprint density at radius 2 is 1.86 bits per heavy atom. The molecule has 0 bridgehead atoms. The van der Waals surface area contributed by atoms with Crippen LogP contribution in [0.15, 0.2) is 54.1 Å². The zero-order valence-electron chi connectivity index (χ0n) is 13.3. The molecule has 1 rings (SSSR count). The summed E-state index contributed by atoms with van der Waals surface area (Å²) in [6.07, 6.45) is 10.1. The van der Waals surface area contributed by atoms with Crippen LogP contribution in [0.4, 0.5) is 0 Å². The molecular weight excluding hydrogens is 254 g/mol. The highest BCUT2D eigenvalue weighted by atomic mass is 14.7. The molecule has 112 valence electrons. The van der Waals surface area contributed by atoms with E-state index < -0.39 is 0 Å². The second-order valence-electron chi connectivity index (χ2n) is 5.25. The van der Waals surface area contributed by atoms with Gasteiger partial charge in [0, 0.05) is 6.54 Å². The summed E-state index contributed by atoms with van der Waals surface area (Å²) in [5, 5.41) is 2.09. The molecule has 0 radical (unpaired) electrons. The van der Waals surface area contributed by atoms with Crippen LogP contribution in [0.25, 0.3) is 12.7 Å². The van der Waals surface area contributed by atoms with E-state index >= 15 is 0 Å². The molecule has 0 saturated heterocycles. The molecule has 0 amide bonds. The van der Waals surface area contributed by atoms with Crippen molar-refractivity contribution < 1.29 is 0 Å². The van der Waals surface area contributed by atoms with E-state index in [1.54, 1.807) is 6.08 Å². The van der Waals surface area contributed by atoms with Gasteiger partial charge in [0.05, 0.1) is 5.71 Å². The average Bonchev–Trinajstić information content (AvgIpc) is 2.50. The van der Waals surface area contributed by atoms with E-state index in [0.29, 0.717) is 0 Å². The zero-order valence-corrected chi connectivity index (χ0v) is 13.3. The van der Waals surface area contributed by atoms with Gasteiger partial charge in [-0.1, -0.05) is 82.7 Å². The van der Waals surface area contributed by atoms with Gasteiger partial charge < -0.3 is 0 Å². The van der Waals surface area contributed by atoms with Crippen LogP contribution in [0.5, 0.6) is 0 Å². The Kier molecular flexibility index (Phi) is 8.11. The summed E-state index contributed by atoms with van der Waals surface area (Å²) in [5.41, 5.74) is 1.78. The fourth-order valence-corrected chi connectivity index (χ4v) is 2.08. The largest absolute Gasteiger partial charge is 0.285 e. The third kappa shape index (κ3) is 6.40. The lowest BCUT2D eigenvalue weighted by atomic mass is 10.1. The second-order valence-corrected chi connectivity index (χ2v) is 5.25. The molecule has 0 saturated carbocycles. The molecule has 0 N–H and O–H groups in total. The Morgan fingerprint density at radius 1 is 1.14 bits per heavy atom. The molecule has 0 fully saturated rings. The van der Waals surface area contributed by atoms with Crippen LogP contribution in [-0.4, -0.2) is 12.3 Å². The first kappa shape index (κ1) is 17.2. The van der Waals surface area contributed by atoms with Crippen molar-refractivity contribution in [3.8, 4) is 0 Å². The summed E-state index contributed by atoms with van der Waals surface area (Å²) in [6, 6.07) is 8.06. The quantitative estimate of drug-likeness (QED) is 0.368. The molecule has 0 aliphatic heterocycles. The molecule has 1 aromatic rings. The van der Waals surface area contributed by atoms with Crippen molar-refractivity contribution >= 4 is 18.4 Å². The fourth-order valence-electron chi connectivity index (χ4n) is 2.08. The lowest BCUT2D eigenvalue weighted by Gasteiger charge is -2.02. The van der Waals surface area contributed by atoms with Gasteiger partial charge in [-0.05, 0) is 28.5 Å². The maximum absolute atomic E-state index is 4.69. The highest BCUT2D eigenvalue weighted by Crippen LogP contribution is 2.04. The Morgan fingerprint density at radius 3 is 2.52 bits per heavy atom. The van der Waals surface area contributed by atoms with Crippen molar-refractivity contribution in [3.05, 3.63) is 59.5 Å². The maximum atomic E-state index is 4.69. The van der Waals surface area contributed by atoms with E-state index in [1.807, 2.05) is 18.2 Å². The van der Waals surface area contributed by atoms with E-state index in [9.17, 15) is 0 Å². The number of hydrogen-bond donors (Lipinski definition) is 0. The molecular formula is C20H27N. The van der Waals surface area contributed by atoms with Crippen molar-refractivity contribution in [2.24, 2.45) is 4.99 Å². The van der Waals surface area contributed by atoms with Gasteiger partial charge in [0.25, 0.3) is 0 Å². The van der Waals surface area contributed by atoms with Gasteiger partial charge in [0.15, 0.2) is 0 Å². The van der Waals surface area contributed by atoms with Crippen LogP contribution >= 0.6 is 0 Å². The van der Waals surface area contributed by atoms with E-state index in [0.717, 1.165) is 34.7 Å². The second kappa shape index (κ2) is 9.93. The van der Waals surface area contributed by atoms with Gasteiger partial charge in [0.1, 0.15) is 0 Å². The Balaban J connectivity index is 2.80. The Labute approximate surface area is 129 Å². The van der Waals surface area contributed by atoms with Gasteiger partial charge in [-0.15, -0.1) is 0 Å². The monoisotopic (exact) mass is 281 g/mol. The summed E-state index contributed by atoms with van der Waals surface area (Å²) in [6.45, 7) is 15.0. The van der Waals surface area contributed by atoms with Crippen LogP contribution in [0.2, 0.25) is 0 Å². The molecule has 0 unspecified atom stereocenters. The molecule has 0 aliphatic carbocycles. The predicted molar refractivity (Wildman–Crippen MR) is 96.1 cm³/mol. The first-order chi connectivity index (χ1) is 10.2. The van der Waals surface area contributed by atoms with Crippen LogP contribution in [0.3, 0.4) is 0 Å². The number of unbranched alkanes of at least 4 members (excludes halogenated alkanes) is 4. The van der Waals surface area contributed by atoms with Gasteiger partial charge in [-0.2, -0.15) is 0 Å².